The molecule has 0 radical (unpaired) electrons. The molecule has 1 aliphatic heterocycles. The molecule has 0 spiro atoms. The minimum absolute atomic E-state index is 0.431. The Hall–Kier alpha value is -0.120. The lowest BCUT2D eigenvalue weighted by Gasteiger charge is -2.36. The van der Waals surface area contributed by atoms with E-state index in [4.69, 9.17) is 5.73 Å². The average molecular weight is 268 g/mol. The topological polar surface area (TPSA) is 49.5 Å². The number of rotatable bonds is 5. The van der Waals surface area contributed by atoms with Crippen molar-refractivity contribution in [3.05, 3.63) is 0 Å². The summed E-state index contributed by atoms with van der Waals surface area (Å²) in [4.78, 5) is 2.59. The molecule has 1 aliphatic carbocycles. The average Bonchev–Trinajstić information content (AvgIpc) is 2.79. The third kappa shape index (κ3) is 3.71. The highest BCUT2D eigenvalue weighted by Crippen LogP contribution is 2.37. The standard InChI is InChI=1S/C16H32N2O/c1-13(2)14-5-9-18(10-6-14)11-7-15-4-3-8-16(15,19)12-17/h13-15,19H,3-12,17H2,1-2H3. The third-order valence-electron chi connectivity index (χ3n) is 5.64. The number of likely N-dealkylation sites (tertiary alicyclic amines) is 1. The molecule has 2 aliphatic rings. The van der Waals surface area contributed by atoms with E-state index in [1.54, 1.807) is 0 Å². The van der Waals surface area contributed by atoms with E-state index in [1.165, 1.54) is 25.9 Å². The van der Waals surface area contributed by atoms with Crippen molar-refractivity contribution in [1.82, 2.24) is 4.90 Å². The smallest absolute Gasteiger partial charge is 0.0797 e. The summed E-state index contributed by atoms with van der Waals surface area (Å²) in [6.45, 7) is 8.78. The van der Waals surface area contributed by atoms with Gasteiger partial charge in [-0.2, -0.15) is 0 Å². The van der Waals surface area contributed by atoms with Crippen LogP contribution in [0.5, 0.6) is 0 Å². The Morgan fingerprint density at radius 3 is 2.53 bits per heavy atom. The molecular formula is C16H32N2O. The molecule has 1 heterocycles. The molecule has 0 amide bonds. The monoisotopic (exact) mass is 268 g/mol. The maximum absolute atomic E-state index is 10.5. The quantitative estimate of drug-likeness (QED) is 0.804. The molecule has 2 fully saturated rings. The molecule has 2 rings (SSSR count). The first kappa shape index (κ1) is 15.3. The highest BCUT2D eigenvalue weighted by molar-refractivity contribution is 4.93. The van der Waals surface area contributed by atoms with Gasteiger partial charge in [0.2, 0.25) is 0 Å². The van der Waals surface area contributed by atoms with Crippen molar-refractivity contribution in [3.8, 4) is 0 Å². The molecule has 0 aromatic heterocycles. The number of piperidine rings is 1. The Bertz CT molecular complexity index is 274. The van der Waals surface area contributed by atoms with Crippen LogP contribution in [0.4, 0.5) is 0 Å². The van der Waals surface area contributed by atoms with E-state index in [1.807, 2.05) is 0 Å². The zero-order valence-corrected chi connectivity index (χ0v) is 12.8. The maximum Gasteiger partial charge on any atom is 0.0797 e. The zero-order valence-electron chi connectivity index (χ0n) is 12.8. The van der Waals surface area contributed by atoms with Crippen molar-refractivity contribution < 1.29 is 5.11 Å². The van der Waals surface area contributed by atoms with Gasteiger partial charge < -0.3 is 15.7 Å². The van der Waals surface area contributed by atoms with Crippen molar-refractivity contribution in [1.29, 1.82) is 0 Å². The van der Waals surface area contributed by atoms with Crippen molar-refractivity contribution in [2.75, 3.05) is 26.2 Å². The minimum atomic E-state index is -0.559. The van der Waals surface area contributed by atoms with Crippen LogP contribution >= 0.6 is 0 Å². The number of hydrogen-bond donors (Lipinski definition) is 2. The molecule has 3 N–H and O–H groups in total. The van der Waals surface area contributed by atoms with Crippen LogP contribution in [-0.2, 0) is 0 Å². The lowest BCUT2D eigenvalue weighted by Crippen LogP contribution is -2.43. The van der Waals surface area contributed by atoms with E-state index in [0.717, 1.165) is 44.1 Å². The normalized spacial score (nSPS) is 34.3. The van der Waals surface area contributed by atoms with Gasteiger partial charge in [-0.1, -0.05) is 20.3 Å². The zero-order chi connectivity index (χ0) is 13.9. The van der Waals surface area contributed by atoms with Crippen LogP contribution in [0.25, 0.3) is 0 Å². The first-order valence-corrected chi connectivity index (χ1v) is 8.20. The van der Waals surface area contributed by atoms with Crippen LogP contribution in [0, 0.1) is 17.8 Å². The van der Waals surface area contributed by atoms with Crippen LogP contribution in [0.3, 0.4) is 0 Å². The summed E-state index contributed by atoms with van der Waals surface area (Å²) >= 11 is 0. The Morgan fingerprint density at radius 2 is 1.95 bits per heavy atom. The summed E-state index contributed by atoms with van der Waals surface area (Å²) in [7, 11) is 0. The van der Waals surface area contributed by atoms with Gasteiger partial charge in [0.25, 0.3) is 0 Å². The van der Waals surface area contributed by atoms with Gasteiger partial charge in [-0.25, -0.2) is 0 Å². The van der Waals surface area contributed by atoms with E-state index in [2.05, 4.69) is 18.7 Å². The van der Waals surface area contributed by atoms with Crippen LogP contribution in [0.1, 0.15) is 52.4 Å². The summed E-state index contributed by atoms with van der Waals surface area (Å²) in [5.74, 6) is 2.18. The van der Waals surface area contributed by atoms with Crippen LogP contribution in [-0.4, -0.2) is 41.8 Å². The molecule has 1 saturated carbocycles. The van der Waals surface area contributed by atoms with E-state index in [-0.39, 0.29) is 0 Å². The lowest BCUT2D eigenvalue weighted by atomic mass is 9.85. The molecular weight excluding hydrogens is 236 g/mol. The molecule has 0 aromatic carbocycles. The second-order valence-electron chi connectivity index (χ2n) is 7.11. The van der Waals surface area contributed by atoms with Crippen molar-refractivity contribution in [2.45, 2.75) is 58.0 Å². The predicted molar refractivity (Wildman–Crippen MR) is 80.0 cm³/mol. The summed E-state index contributed by atoms with van der Waals surface area (Å²) in [5, 5.41) is 10.5. The predicted octanol–water partition coefficient (Wildman–Crippen LogP) is 2.23. The summed E-state index contributed by atoms with van der Waals surface area (Å²) in [5.41, 5.74) is 5.20. The molecule has 2 atom stereocenters. The van der Waals surface area contributed by atoms with Crippen LogP contribution < -0.4 is 5.73 Å². The fraction of sp³-hybridized carbons (Fsp3) is 1.00. The second kappa shape index (κ2) is 6.55. The Kier molecular flexibility index (Phi) is 5.27. The van der Waals surface area contributed by atoms with Gasteiger partial charge in [-0.05, 0) is 69.5 Å². The number of hydrogen-bond acceptors (Lipinski definition) is 3. The Balaban J connectivity index is 1.72. The first-order chi connectivity index (χ1) is 9.05. The van der Waals surface area contributed by atoms with Crippen LogP contribution in [0.2, 0.25) is 0 Å². The SMILES string of the molecule is CC(C)C1CCN(CCC2CCCC2(O)CN)CC1. The molecule has 0 aromatic rings. The van der Waals surface area contributed by atoms with E-state index < -0.39 is 5.60 Å². The highest BCUT2D eigenvalue weighted by atomic mass is 16.3. The van der Waals surface area contributed by atoms with E-state index in [9.17, 15) is 5.11 Å². The van der Waals surface area contributed by atoms with Gasteiger partial charge >= 0.3 is 0 Å². The van der Waals surface area contributed by atoms with Gasteiger partial charge in [-0.15, -0.1) is 0 Å². The summed E-state index contributed by atoms with van der Waals surface area (Å²) < 4.78 is 0. The fourth-order valence-electron chi connectivity index (χ4n) is 3.99. The molecule has 0 bridgehead atoms. The Morgan fingerprint density at radius 1 is 1.26 bits per heavy atom. The highest BCUT2D eigenvalue weighted by Gasteiger charge is 2.39. The summed E-state index contributed by atoms with van der Waals surface area (Å²) in [6, 6.07) is 0. The molecule has 3 heteroatoms. The molecule has 112 valence electrons. The van der Waals surface area contributed by atoms with Crippen molar-refractivity contribution in [2.24, 2.45) is 23.5 Å². The summed E-state index contributed by atoms with van der Waals surface area (Å²) in [6.07, 6.45) is 7.04. The van der Waals surface area contributed by atoms with Gasteiger partial charge in [0.15, 0.2) is 0 Å². The second-order valence-corrected chi connectivity index (χ2v) is 7.11. The third-order valence-corrected chi connectivity index (χ3v) is 5.64. The first-order valence-electron chi connectivity index (χ1n) is 8.20. The van der Waals surface area contributed by atoms with Gasteiger partial charge in [0, 0.05) is 6.54 Å². The van der Waals surface area contributed by atoms with Gasteiger partial charge in [0.05, 0.1) is 5.60 Å². The molecule has 2 unspecified atom stereocenters. The molecule has 3 nitrogen and oxygen atoms in total. The van der Waals surface area contributed by atoms with Gasteiger partial charge in [0.1, 0.15) is 0 Å². The minimum Gasteiger partial charge on any atom is -0.388 e. The van der Waals surface area contributed by atoms with Crippen LogP contribution in [0.15, 0.2) is 0 Å². The van der Waals surface area contributed by atoms with E-state index >= 15 is 0 Å². The largest absolute Gasteiger partial charge is 0.388 e. The van der Waals surface area contributed by atoms with Crippen molar-refractivity contribution in [3.63, 3.8) is 0 Å². The number of nitrogens with zero attached hydrogens (tertiary/aromatic N) is 1. The number of aliphatic hydroxyl groups is 1. The number of nitrogens with two attached hydrogens (primary N) is 1. The molecule has 19 heavy (non-hydrogen) atoms. The Labute approximate surface area is 118 Å². The van der Waals surface area contributed by atoms with Crippen molar-refractivity contribution >= 4 is 0 Å². The lowest BCUT2D eigenvalue weighted by molar-refractivity contribution is 0.00307. The van der Waals surface area contributed by atoms with Gasteiger partial charge in [-0.3, -0.25) is 0 Å². The maximum atomic E-state index is 10.5. The van der Waals surface area contributed by atoms with E-state index in [0.29, 0.717) is 12.5 Å². The molecule has 1 saturated heterocycles. The fourth-order valence-corrected chi connectivity index (χ4v) is 3.99.